The van der Waals surface area contributed by atoms with Crippen LogP contribution in [0.3, 0.4) is 0 Å². The number of nitrogens with zero attached hydrogens (tertiary/aromatic N) is 2. The number of pyridine rings is 2. The Bertz CT molecular complexity index is 502. The Morgan fingerprint density at radius 1 is 1.24 bits per heavy atom. The second-order valence-electron chi connectivity index (χ2n) is 3.47. The van der Waals surface area contributed by atoms with E-state index in [0.717, 1.165) is 0 Å². The lowest BCUT2D eigenvalue weighted by Gasteiger charge is -2.11. The summed E-state index contributed by atoms with van der Waals surface area (Å²) in [6, 6.07) is 5.08. The van der Waals surface area contributed by atoms with Crippen molar-refractivity contribution in [2.45, 2.75) is 6.10 Å². The van der Waals surface area contributed by atoms with E-state index in [1.165, 1.54) is 6.20 Å². The van der Waals surface area contributed by atoms with Crippen molar-refractivity contribution in [2.24, 2.45) is 0 Å². The summed E-state index contributed by atoms with van der Waals surface area (Å²) in [5.74, 6) is 0.600. The quantitative estimate of drug-likeness (QED) is 0.849. The molecule has 0 fully saturated rings. The Kier molecular flexibility index (Phi) is 3.56. The van der Waals surface area contributed by atoms with Crippen molar-refractivity contribution in [1.29, 1.82) is 0 Å². The summed E-state index contributed by atoms with van der Waals surface area (Å²) in [6.45, 7) is 0. The highest BCUT2D eigenvalue weighted by molar-refractivity contribution is 6.29. The smallest absolute Gasteiger partial charge is 0.137 e. The normalized spacial score (nSPS) is 12.2. The number of ether oxygens (including phenoxy) is 1. The molecule has 1 N–H and O–H groups in total. The molecule has 2 aromatic heterocycles. The Morgan fingerprint density at radius 3 is 2.71 bits per heavy atom. The molecule has 0 bridgehead atoms. The molecule has 2 rings (SSSR count). The largest absolute Gasteiger partial charge is 0.495 e. The molecular formula is C12H11ClN2O2. The fourth-order valence-electron chi connectivity index (χ4n) is 1.44. The predicted octanol–water partition coefficient (Wildman–Crippen LogP) is 2.22. The van der Waals surface area contributed by atoms with E-state index in [1.807, 2.05) is 0 Å². The van der Waals surface area contributed by atoms with Crippen molar-refractivity contribution in [1.82, 2.24) is 9.97 Å². The molecule has 0 saturated heterocycles. The average Bonchev–Trinajstić information content (AvgIpc) is 2.39. The summed E-state index contributed by atoms with van der Waals surface area (Å²) in [7, 11) is 1.55. The maximum atomic E-state index is 10.1. The number of hydrogen-bond donors (Lipinski definition) is 1. The van der Waals surface area contributed by atoms with Crippen molar-refractivity contribution in [2.75, 3.05) is 7.11 Å². The number of aromatic nitrogens is 2. The highest BCUT2D eigenvalue weighted by atomic mass is 35.5. The molecule has 1 unspecified atom stereocenters. The van der Waals surface area contributed by atoms with Gasteiger partial charge in [0.05, 0.1) is 13.3 Å². The van der Waals surface area contributed by atoms with Crippen LogP contribution < -0.4 is 4.74 Å². The molecule has 0 aliphatic rings. The average molecular weight is 251 g/mol. The molecular weight excluding hydrogens is 240 g/mol. The number of methoxy groups -OCH3 is 1. The zero-order valence-corrected chi connectivity index (χ0v) is 9.93. The minimum atomic E-state index is -0.789. The monoisotopic (exact) mass is 250 g/mol. The van der Waals surface area contributed by atoms with Gasteiger partial charge < -0.3 is 9.84 Å². The second kappa shape index (κ2) is 5.12. The molecule has 0 aromatic carbocycles. The molecule has 2 aromatic rings. The predicted molar refractivity (Wildman–Crippen MR) is 64.1 cm³/mol. The topological polar surface area (TPSA) is 55.2 Å². The molecule has 0 radical (unpaired) electrons. The molecule has 17 heavy (non-hydrogen) atoms. The van der Waals surface area contributed by atoms with Gasteiger partial charge in [-0.1, -0.05) is 17.7 Å². The third kappa shape index (κ3) is 2.72. The van der Waals surface area contributed by atoms with E-state index in [0.29, 0.717) is 22.0 Å². The van der Waals surface area contributed by atoms with Crippen LogP contribution in [0.2, 0.25) is 5.15 Å². The number of aliphatic hydroxyl groups is 1. The molecule has 0 aliphatic carbocycles. The van der Waals surface area contributed by atoms with Gasteiger partial charge in [0.15, 0.2) is 0 Å². The number of rotatable bonds is 3. The van der Waals surface area contributed by atoms with E-state index in [4.69, 9.17) is 16.3 Å². The molecule has 0 amide bonds. The second-order valence-corrected chi connectivity index (χ2v) is 3.86. The van der Waals surface area contributed by atoms with Gasteiger partial charge in [-0.25, -0.2) is 4.98 Å². The maximum absolute atomic E-state index is 10.1. The zero-order valence-electron chi connectivity index (χ0n) is 9.17. The minimum Gasteiger partial charge on any atom is -0.495 e. The van der Waals surface area contributed by atoms with E-state index < -0.39 is 6.10 Å². The SMILES string of the molecule is COc1cncc(C(O)c2ccc(Cl)nc2)c1. The Hall–Kier alpha value is -1.65. The Balaban J connectivity index is 2.29. The number of halogens is 1. The minimum absolute atomic E-state index is 0.393. The first-order chi connectivity index (χ1) is 8.20. The van der Waals surface area contributed by atoms with Crippen molar-refractivity contribution in [3.8, 4) is 5.75 Å². The van der Waals surface area contributed by atoms with Crippen molar-refractivity contribution >= 4 is 11.6 Å². The van der Waals surface area contributed by atoms with Crippen molar-refractivity contribution in [3.63, 3.8) is 0 Å². The van der Waals surface area contributed by atoms with Crippen LogP contribution in [0.15, 0.2) is 36.8 Å². The van der Waals surface area contributed by atoms with E-state index in [-0.39, 0.29) is 0 Å². The summed E-state index contributed by atoms with van der Waals surface area (Å²) >= 11 is 5.68. The van der Waals surface area contributed by atoms with Crippen LogP contribution >= 0.6 is 11.6 Å². The van der Waals surface area contributed by atoms with Gasteiger partial charge in [-0.05, 0) is 12.1 Å². The molecule has 88 valence electrons. The molecule has 1 atom stereocenters. The van der Waals surface area contributed by atoms with Crippen LogP contribution in [0.25, 0.3) is 0 Å². The Labute approximate surface area is 104 Å². The first-order valence-electron chi connectivity index (χ1n) is 4.99. The highest BCUT2D eigenvalue weighted by Gasteiger charge is 2.12. The van der Waals surface area contributed by atoms with Crippen LogP contribution in [0.1, 0.15) is 17.2 Å². The van der Waals surface area contributed by atoms with E-state index in [2.05, 4.69) is 9.97 Å². The van der Waals surface area contributed by atoms with Crippen molar-refractivity contribution < 1.29 is 9.84 Å². The third-order valence-electron chi connectivity index (χ3n) is 2.35. The fourth-order valence-corrected chi connectivity index (χ4v) is 1.55. The summed E-state index contributed by atoms with van der Waals surface area (Å²) < 4.78 is 5.05. The van der Waals surface area contributed by atoms with Crippen LogP contribution in [0.4, 0.5) is 0 Å². The lowest BCUT2D eigenvalue weighted by atomic mass is 10.1. The first-order valence-corrected chi connectivity index (χ1v) is 5.37. The van der Waals surface area contributed by atoms with Gasteiger partial charge in [-0.3, -0.25) is 4.98 Å². The van der Waals surface area contributed by atoms with Crippen molar-refractivity contribution in [3.05, 3.63) is 53.1 Å². The molecule has 4 nitrogen and oxygen atoms in total. The van der Waals surface area contributed by atoms with Gasteiger partial charge in [0.1, 0.15) is 17.0 Å². The van der Waals surface area contributed by atoms with Gasteiger partial charge in [0, 0.05) is 23.5 Å². The lowest BCUT2D eigenvalue weighted by Crippen LogP contribution is -2.01. The van der Waals surface area contributed by atoms with Crippen LogP contribution in [-0.4, -0.2) is 22.2 Å². The lowest BCUT2D eigenvalue weighted by molar-refractivity contribution is 0.219. The van der Waals surface area contributed by atoms with Gasteiger partial charge in [-0.15, -0.1) is 0 Å². The number of aliphatic hydroxyl groups excluding tert-OH is 1. The molecule has 0 saturated carbocycles. The number of hydrogen-bond acceptors (Lipinski definition) is 4. The van der Waals surface area contributed by atoms with Gasteiger partial charge >= 0.3 is 0 Å². The standard InChI is InChI=1S/C12H11ClN2O2/c1-17-10-4-9(5-14-7-10)12(16)8-2-3-11(13)15-6-8/h2-7,12,16H,1H3. The van der Waals surface area contributed by atoms with Crippen LogP contribution in [0.5, 0.6) is 5.75 Å². The highest BCUT2D eigenvalue weighted by Crippen LogP contribution is 2.23. The van der Waals surface area contributed by atoms with Crippen LogP contribution in [0, 0.1) is 0 Å². The molecule has 0 aliphatic heterocycles. The molecule has 5 heteroatoms. The molecule has 0 spiro atoms. The van der Waals surface area contributed by atoms with Gasteiger partial charge in [-0.2, -0.15) is 0 Å². The fraction of sp³-hybridized carbons (Fsp3) is 0.167. The van der Waals surface area contributed by atoms with E-state index >= 15 is 0 Å². The van der Waals surface area contributed by atoms with Gasteiger partial charge in [0.25, 0.3) is 0 Å². The third-order valence-corrected chi connectivity index (χ3v) is 2.58. The van der Waals surface area contributed by atoms with E-state index in [9.17, 15) is 5.11 Å². The zero-order chi connectivity index (χ0) is 12.3. The summed E-state index contributed by atoms with van der Waals surface area (Å²) in [5, 5.41) is 10.5. The first kappa shape index (κ1) is 11.8. The summed E-state index contributed by atoms with van der Waals surface area (Å²) in [6.07, 6.45) is 3.91. The Morgan fingerprint density at radius 2 is 2.06 bits per heavy atom. The summed E-state index contributed by atoms with van der Waals surface area (Å²) in [5.41, 5.74) is 1.30. The van der Waals surface area contributed by atoms with Gasteiger partial charge in [0.2, 0.25) is 0 Å². The van der Waals surface area contributed by atoms with E-state index in [1.54, 1.807) is 37.7 Å². The van der Waals surface area contributed by atoms with Crippen LogP contribution in [-0.2, 0) is 0 Å². The maximum Gasteiger partial charge on any atom is 0.137 e. The summed E-state index contributed by atoms with van der Waals surface area (Å²) in [4.78, 5) is 7.91. The molecule has 2 heterocycles.